The molecule has 1 amide bonds. The van der Waals surface area contributed by atoms with Gasteiger partial charge in [0.25, 0.3) is 0 Å². The highest BCUT2D eigenvalue weighted by Crippen LogP contribution is 2.32. The first kappa shape index (κ1) is 15.9. The van der Waals surface area contributed by atoms with Gasteiger partial charge in [0, 0.05) is 16.7 Å². The summed E-state index contributed by atoms with van der Waals surface area (Å²) in [6.45, 7) is 0.356. The van der Waals surface area contributed by atoms with Gasteiger partial charge in [-0.1, -0.05) is 35.9 Å². The van der Waals surface area contributed by atoms with Crippen LogP contribution in [0.5, 0.6) is 11.5 Å². The molecule has 0 radical (unpaired) electrons. The fourth-order valence-corrected chi connectivity index (χ4v) is 2.01. The van der Waals surface area contributed by atoms with E-state index in [4.69, 9.17) is 26.8 Å². The van der Waals surface area contributed by atoms with E-state index in [-0.39, 0.29) is 0 Å². The fraction of sp³-hybridized carbons (Fsp3) is 0.118. The molecule has 114 valence electrons. The molecule has 0 aliphatic carbocycles. The van der Waals surface area contributed by atoms with Crippen molar-refractivity contribution in [2.24, 2.45) is 5.73 Å². The number of halogens is 1. The Morgan fingerprint density at radius 2 is 1.95 bits per heavy atom. The molecule has 0 atom stereocenters. The van der Waals surface area contributed by atoms with Crippen molar-refractivity contribution in [1.29, 1.82) is 0 Å². The maximum absolute atomic E-state index is 10.9. The summed E-state index contributed by atoms with van der Waals surface area (Å²) >= 11 is 5.86. The molecule has 2 aromatic rings. The molecule has 0 bridgehead atoms. The number of amides is 1. The number of carbonyl (C=O) groups excluding carboxylic acids is 1. The second-order valence-electron chi connectivity index (χ2n) is 4.53. The van der Waals surface area contributed by atoms with Crippen LogP contribution in [0.4, 0.5) is 0 Å². The zero-order valence-electron chi connectivity index (χ0n) is 12.1. The zero-order valence-corrected chi connectivity index (χ0v) is 12.8. The minimum Gasteiger partial charge on any atom is -0.493 e. The number of benzene rings is 2. The van der Waals surface area contributed by atoms with Gasteiger partial charge in [0.05, 0.1) is 7.11 Å². The summed E-state index contributed by atoms with van der Waals surface area (Å²) in [7, 11) is 1.56. The maximum Gasteiger partial charge on any atom is 0.241 e. The van der Waals surface area contributed by atoms with Crippen LogP contribution in [0.3, 0.4) is 0 Å². The van der Waals surface area contributed by atoms with Gasteiger partial charge in [-0.3, -0.25) is 4.79 Å². The lowest BCUT2D eigenvalue weighted by molar-refractivity contribution is -0.113. The van der Waals surface area contributed by atoms with Gasteiger partial charge in [-0.2, -0.15) is 0 Å². The van der Waals surface area contributed by atoms with Crippen molar-refractivity contribution in [1.82, 2.24) is 0 Å². The van der Waals surface area contributed by atoms with E-state index < -0.39 is 5.91 Å². The van der Waals surface area contributed by atoms with Crippen molar-refractivity contribution < 1.29 is 14.3 Å². The highest BCUT2D eigenvalue weighted by Gasteiger charge is 2.09. The summed E-state index contributed by atoms with van der Waals surface area (Å²) in [6, 6.07) is 12.8. The first-order valence-electron chi connectivity index (χ1n) is 6.62. The molecule has 0 saturated carbocycles. The molecule has 2 N–H and O–H groups in total. The van der Waals surface area contributed by atoms with E-state index >= 15 is 0 Å². The Balaban J connectivity index is 2.23. The van der Waals surface area contributed by atoms with Gasteiger partial charge in [0.1, 0.15) is 6.61 Å². The maximum atomic E-state index is 10.9. The van der Waals surface area contributed by atoms with E-state index in [0.29, 0.717) is 28.7 Å². The predicted molar refractivity (Wildman–Crippen MR) is 87.0 cm³/mol. The standard InChI is InChI=1S/C17H16ClNO3/c1-21-15-4-2-3-13(7-10-16(19)20)17(15)22-11-12-5-8-14(18)9-6-12/h2-10H,11H2,1H3,(H2,19,20). The Hall–Kier alpha value is -2.46. The van der Waals surface area contributed by atoms with Crippen LogP contribution in [-0.2, 0) is 11.4 Å². The average molecular weight is 318 g/mol. The highest BCUT2D eigenvalue weighted by atomic mass is 35.5. The Labute approximate surface area is 134 Å². The summed E-state index contributed by atoms with van der Waals surface area (Å²) in [5, 5.41) is 0.672. The van der Waals surface area contributed by atoms with Crippen LogP contribution in [0.1, 0.15) is 11.1 Å². The molecular weight excluding hydrogens is 302 g/mol. The molecular formula is C17H16ClNO3. The quantitative estimate of drug-likeness (QED) is 0.830. The first-order chi connectivity index (χ1) is 10.6. The van der Waals surface area contributed by atoms with Gasteiger partial charge in [-0.25, -0.2) is 0 Å². The summed E-state index contributed by atoms with van der Waals surface area (Å²) in [5.74, 6) is 0.615. The SMILES string of the molecule is COc1cccc(C=CC(N)=O)c1OCc1ccc(Cl)cc1. The normalized spacial score (nSPS) is 10.6. The lowest BCUT2D eigenvalue weighted by Gasteiger charge is -2.13. The molecule has 0 aliphatic rings. The molecule has 5 heteroatoms. The van der Waals surface area contributed by atoms with Gasteiger partial charge in [0.2, 0.25) is 5.91 Å². The molecule has 0 aromatic heterocycles. The van der Waals surface area contributed by atoms with Gasteiger partial charge < -0.3 is 15.2 Å². The van der Waals surface area contributed by atoms with Gasteiger partial charge in [-0.15, -0.1) is 0 Å². The third kappa shape index (κ3) is 4.27. The first-order valence-corrected chi connectivity index (χ1v) is 6.99. The number of ether oxygens (including phenoxy) is 2. The molecule has 0 fully saturated rings. The fourth-order valence-electron chi connectivity index (χ4n) is 1.89. The average Bonchev–Trinajstić information content (AvgIpc) is 2.52. The predicted octanol–water partition coefficient (Wildman–Crippen LogP) is 3.43. The van der Waals surface area contributed by atoms with Crippen molar-refractivity contribution in [2.45, 2.75) is 6.61 Å². The smallest absolute Gasteiger partial charge is 0.241 e. The van der Waals surface area contributed by atoms with Crippen LogP contribution in [0, 0.1) is 0 Å². The molecule has 0 spiro atoms. The Kier molecular flexibility index (Phi) is 5.44. The lowest BCUT2D eigenvalue weighted by atomic mass is 10.1. The second-order valence-corrected chi connectivity index (χ2v) is 4.97. The minimum atomic E-state index is -0.522. The van der Waals surface area contributed by atoms with E-state index in [2.05, 4.69) is 0 Å². The monoisotopic (exact) mass is 317 g/mol. The molecule has 0 aliphatic heterocycles. The topological polar surface area (TPSA) is 61.5 Å². The van der Waals surface area contributed by atoms with Gasteiger partial charge in [-0.05, 0) is 29.8 Å². The van der Waals surface area contributed by atoms with Crippen LogP contribution in [-0.4, -0.2) is 13.0 Å². The molecule has 0 saturated heterocycles. The van der Waals surface area contributed by atoms with Crippen LogP contribution < -0.4 is 15.2 Å². The summed E-state index contributed by atoms with van der Waals surface area (Å²) < 4.78 is 11.2. The lowest BCUT2D eigenvalue weighted by Crippen LogP contribution is -2.05. The zero-order chi connectivity index (χ0) is 15.9. The number of nitrogens with two attached hydrogens (primary N) is 1. The molecule has 0 unspecified atom stereocenters. The Bertz CT molecular complexity index is 681. The van der Waals surface area contributed by atoms with E-state index in [9.17, 15) is 4.79 Å². The molecule has 4 nitrogen and oxygen atoms in total. The van der Waals surface area contributed by atoms with Gasteiger partial charge in [0.15, 0.2) is 11.5 Å². The van der Waals surface area contributed by atoms with Crippen molar-refractivity contribution in [3.8, 4) is 11.5 Å². The van der Waals surface area contributed by atoms with Crippen molar-refractivity contribution in [3.63, 3.8) is 0 Å². The molecule has 22 heavy (non-hydrogen) atoms. The van der Waals surface area contributed by atoms with Crippen LogP contribution in [0.2, 0.25) is 5.02 Å². The molecule has 2 rings (SSSR count). The number of carbonyl (C=O) groups is 1. The minimum absolute atomic E-state index is 0.356. The second kappa shape index (κ2) is 7.52. The highest BCUT2D eigenvalue weighted by molar-refractivity contribution is 6.30. The van der Waals surface area contributed by atoms with Crippen molar-refractivity contribution >= 4 is 23.6 Å². The van der Waals surface area contributed by atoms with E-state index in [1.165, 1.54) is 6.08 Å². The molecule has 0 heterocycles. The summed E-state index contributed by atoms with van der Waals surface area (Å²) in [5.41, 5.74) is 6.82. The van der Waals surface area contributed by atoms with Crippen molar-refractivity contribution in [2.75, 3.05) is 7.11 Å². The third-order valence-electron chi connectivity index (χ3n) is 2.95. The summed E-state index contributed by atoms with van der Waals surface area (Å²) in [4.78, 5) is 10.9. The van der Waals surface area contributed by atoms with Crippen LogP contribution in [0.25, 0.3) is 6.08 Å². The number of hydrogen-bond donors (Lipinski definition) is 1. The number of rotatable bonds is 6. The van der Waals surface area contributed by atoms with E-state index in [1.54, 1.807) is 31.4 Å². The Morgan fingerprint density at radius 3 is 2.59 bits per heavy atom. The van der Waals surface area contributed by atoms with Gasteiger partial charge >= 0.3 is 0 Å². The van der Waals surface area contributed by atoms with E-state index in [1.807, 2.05) is 24.3 Å². The number of primary amides is 1. The number of methoxy groups -OCH3 is 1. The number of hydrogen-bond acceptors (Lipinski definition) is 3. The molecule has 2 aromatic carbocycles. The largest absolute Gasteiger partial charge is 0.493 e. The van der Waals surface area contributed by atoms with Crippen molar-refractivity contribution in [3.05, 3.63) is 64.7 Å². The van der Waals surface area contributed by atoms with Crippen LogP contribution in [0.15, 0.2) is 48.5 Å². The number of para-hydroxylation sites is 1. The third-order valence-corrected chi connectivity index (χ3v) is 3.20. The van der Waals surface area contributed by atoms with E-state index in [0.717, 1.165) is 5.56 Å². The summed E-state index contributed by atoms with van der Waals surface area (Å²) in [6.07, 6.45) is 2.88. The Morgan fingerprint density at radius 1 is 1.23 bits per heavy atom. The van der Waals surface area contributed by atoms with Crippen LogP contribution >= 0.6 is 11.6 Å².